The molecular weight excluding hydrogens is 276 g/mol. The van der Waals surface area contributed by atoms with Crippen molar-refractivity contribution < 1.29 is 9.53 Å². The minimum Gasteiger partial charge on any atom is -0.496 e. The summed E-state index contributed by atoms with van der Waals surface area (Å²) in [6, 6.07) is 5.21. The topological polar surface area (TPSA) is 55.6 Å². The molecule has 0 bridgehead atoms. The Morgan fingerprint density at radius 3 is 2.95 bits per heavy atom. The number of likely N-dealkylation sites (tertiary alicyclic amines) is 1. The van der Waals surface area contributed by atoms with E-state index >= 15 is 0 Å². The van der Waals surface area contributed by atoms with Crippen LogP contribution in [0.3, 0.4) is 0 Å². The molecular formula is C15H21ClN2O2. The fourth-order valence-electron chi connectivity index (χ4n) is 2.64. The van der Waals surface area contributed by atoms with Crippen molar-refractivity contribution in [1.29, 1.82) is 0 Å². The molecule has 1 saturated heterocycles. The summed E-state index contributed by atoms with van der Waals surface area (Å²) in [5, 5.41) is 0.561. The molecule has 1 aliphatic heterocycles. The molecule has 0 saturated carbocycles. The monoisotopic (exact) mass is 296 g/mol. The van der Waals surface area contributed by atoms with Crippen molar-refractivity contribution in [3.05, 3.63) is 28.8 Å². The van der Waals surface area contributed by atoms with Crippen LogP contribution in [0.15, 0.2) is 18.2 Å². The van der Waals surface area contributed by atoms with Crippen LogP contribution in [0.2, 0.25) is 5.02 Å². The van der Waals surface area contributed by atoms with Crippen LogP contribution in [0.25, 0.3) is 0 Å². The second-order valence-electron chi connectivity index (χ2n) is 5.36. The first-order valence-electron chi connectivity index (χ1n) is 6.91. The summed E-state index contributed by atoms with van der Waals surface area (Å²) < 4.78 is 5.26. The van der Waals surface area contributed by atoms with Gasteiger partial charge in [-0.05, 0) is 43.9 Å². The van der Waals surface area contributed by atoms with Crippen LogP contribution in [0.5, 0.6) is 5.75 Å². The summed E-state index contributed by atoms with van der Waals surface area (Å²) in [5.74, 6) is 0.875. The minimum absolute atomic E-state index is 0.0103. The van der Waals surface area contributed by atoms with Crippen molar-refractivity contribution in [3.8, 4) is 5.75 Å². The van der Waals surface area contributed by atoms with Crippen molar-refractivity contribution in [2.45, 2.75) is 25.8 Å². The van der Waals surface area contributed by atoms with E-state index in [1.165, 1.54) is 0 Å². The second-order valence-corrected chi connectivity index (χ2v) is 5.79. The van der Waals surface area contributed by atoms with E-state index < -0.39 is 0 Å². The molecule has 1 aromatic carbocycles. The summed E-state index contributed by atoms with van der Waals surface area (Å²) in [5.41, 5.74) is 6.52. The number of nitrogens with zero attached hydrogens (tertiary/aromatic N) is 1. The number of methoxy groups -OCH3 is 1. The smallest absolute Gasteiger partial charge is 0.257 e. The lowest BCUT2D eigenvalue weighted by atomic mass is 9.92. The number of ether oxygens (including phenoxy) is 1. The predicted octanol–water partition coefficient (Wildman–Crippen LogP) is 2.55. The lowest BCUT2D eigenvalue weighted by Gasteiger charge is -2.34. The van der Waals surface area contributed by atoms with Gasteiger partial charge in [0.1, 0.15) is 5.75 Å². The molecule has 0 unspecified atom stereocenters. The zero-order valence-electron chi connectivity index (χ0n) is 11.9. The van der Waals surface area contributed by atoms with Gasteiger partial charge in [0.2, 0.25) is 0 Å². The molecule has 20 heavy (non-hydrogen) atoms. The molecule has 1 aliphatic rings. The molecule has 0 radical (unpaired) electrons. The number of halogens is 1. The molecule has 0 spiro atoms. The van der Waals surface area contributed by atoms with Gasteiger partial charge in [0, 0.05) is 24.2 Å². The van der Waals surface area contributed by atoms with Gasteiger partial charge in [-0.1, -0.05) is 11.6 Å². The van der Waals surface area contributed by atoms with Crippen molar-refractivity contribution in [1.82, 2.24) is 4.90 Å². The highest BCUT2D eigenvalue weighted by molar-refractivity contribution is 6.30. The molecule has 0 aromatic heterocycles. The van der Waals surface area contributed by atoms with E-state index in [-0.39, 0.29) is 11.9 Å². The molecule has 1 fully saturated rings. The first kappa shape index (κ1) is 15.1. The molecule has 2 atom stereocenters. The van der Waals surface area contributed by atoms with Gasteiger partial charge in [-0.25, -0.2) is 0 Å². The third kappa shape index (κ3) is 3.25. The predicted molar refractivity (Wildman–Crippen MR) is 80.3 cm³/mol. The molecule has 4 nitrogen and oxygen atoms in total. The zero-order valence-corrected chi connectivity index (χ0v) is 12.7. The fourth-order valence-corrected chi connectivity index (χ4v) is 2.80. The largest absolute Gasteiger partial charge is 0.496 e. The van der Waals surface area contributed by atoms with E-state index in [1.807, 2.05) is 11.8 Å². The number of benzene rings is 1. The van der Waals surface area contributed by atoms with Gasteiger partial charge in [0.15, 0.2) is 0 Å². The average molecular weight is 297 g/mol. The number of hydrogen-bond acceptors (Lipinski definition) is 3. The van der Waals surface area contributed by atoms with Crippen LogP contribution < -0.4 is 10.5 Å². The maximum Gasteiger partial charge on any atom is 0.257 e. The van der Waals surface area contributed by atoms with E-state index in [2.05, 4.69) is 0 Å². The normalized spacial score (nSPS) is 20.6. The molecule has 1 aromatic rings. The number of carbonyl (C=O) groups excluding carboxylic acids is 1. The Kier molecular flexibility index (Phi) is 4.89. The Bertz CT molecular complexity index is 491. The summed E-state index contributed by atoms with van der Waals surface area (Å²) >= 11 is 5.93. The standard InChI is InChI=1S/C15H21ClN2O2/c1-10(17)11-4-3-7-18(9-11)15(19)13-6-5-12(16)8-14(13)20-2/h5-6,8,10-11H,3-4,7,9,17H2,1-2H3/t10-,11-/m0/s1. The Labute approximate surface area is 124 Å². The van der Waals surface area contributed by atoms with Crippen LogP contribution in [0, 0.1) is 5.92 Å². The zero-order chi connectivity index (χ0) is 14.7. The summed E-state index contributed by atoms with van der Waals surface area (Å²) in [7, 11) is 1.55. The first-order valence-corrected chi connectivity index (χ1v) is 7.29. The third-order valence-corrected chi connectivity index (χ3v) is 4.12. The molecule has 2 N–H and O–H groups in total. The van der Waals surface area contributed by atoms with E-state index in [0.29, 0.717) is 28.8 Å². The van der Waals surface area contributed by atoms with Gasteiger partial charge in [0.05, 0.1) is 12.7 Å². The molecule has 2 rings (SSSR count). The Morgan fingerprint density at radius 2 is 2.30 bits per heavy atom. The minimum atomic E-state index is -0.0103. The first-order chi connectivity index (χ1) is 9.52. The highest BCUT2D eigenvalue weighted by atomic mass is 35.5. The number of amides is 1. The maximum absolute atomic E-state index is 12.6. The molecule has 0 aliphatic carbocycles. The van der Waals surface area contributed by atoms with Crippen molar-refractivity contribution in [2.75, 3.05) is 20.2 Å². The highest BCUT2D eigenvalue weighted by Crippen LogP contribution is 2.27. The Balaban J connectivity index is 2.18. The molecule has 110 valence electrons. The van der Waals surface area contributed by atoms with E-state index in [4.69, 9.17) is 22.1 Å². The van der Waals surface area contributed by atoms with Gasteiger partial charge in [-0.15, -0.1) is 0 Å². The van der Waals surface area contributed by atoms with Gasteiger partial charge < -0.3 is 15.4 Å². The summed E-state index contributed by atoms with van der Waals surface area (Å²) in [6.45, 7) is 3.48. The number of piperidine rings is 1. The van der Waals surface area contributed by atoms with Crippen molar-refractivity contribution >= 4 is 17.5 Å². The summed E-state index contributed by atoms with van der Waals surface area (Å²) in [4.78, 5) is 14.5. The molecule has 5 heteroatoms. The molecule has 1 amide bonds. The number of nitrogens with two attached hydrogens (primary N) is 1. The number of rotatable bonds is 3. The van der Waals surface area contributed by atoms with E-state index in [9.17, 15) is 4.79 Å². The Hall–Kier alpha value is -1.26. The summed E-state index contributed by atoms with van der Waals surface area (Å²) in [6.07, 6.45) is 2.08. The maximum atomic E-state index is 12.6. The van der Waals surface area contributed by atoms with Crippen LogP contribution in [-0.2, 0) is 0 Å². The lowest BCUT2D eigenvalue weighted by molar-refractivity contribution is 0.0657. The lowest BCUT2D eigenvalue weighted by Crippen LogP contribution is -2.45. The number of carbonyl (C=O) groups is 1. The quantitative estimate of drug-likeness (QED) is 0.932. The molecule has 1 heterocycles. The van der Waals surface area contributed by atoms with E-state index in [1.54, 1.807) is 25.3 Å². The van der Waals surface area contributed by atoms with Crippen LogP contribution in [0.1, 0.15) is 30.1 Å². The van der Waals surface area contributed by atoms with Gasteiger partial charge in [-0.3, -0.25) is 4.79 Å². The fraction of sp³-hybridized carbons (Fsp3) is 0.533. The van der Waals surface area contributed by atoms with Gasteiger partial charge >= 0.3 is 0 Å². The SMILES string of the molecule is COc1cc(Cl)ccc1C(=O)N1CCC[C@H]([C@H](C)N)C1. The van der Waals surface area contributed by atoms with E-state index in [0.717, 1.165) is 19.4 Å². The highest BCUT2D eigenvalue weighted by Gasteiger charge is 2.27. The Morgan fingerprint density at radius 1 is 1.55 bits per heavy atom. The average Bonchev–Trinajstić information content (AvgIpc) is 2.46. The van der Waals surface area contributed by atoms with Crippen LogP contribution in [-0.4, -0.2) is 37.0 Å². The number of hydrogen-bond donors (Lipinski definition) is 1. The third-order valence-electron chi connectivity index (χ3n) is 3.88. The second kappa shape index (κ2) is 6.46. The van der Waals surface area contributed by atoms with Crippen LogP contribution in [0.4, 0.5) is 0 Å². The van der Waals surface area contributed by atoms with Crippen molar-refractivity contribution in [2.24, 2.45) is 11.7 Å². The van der Waals surface area contributed by atoms with Gasteiger partial charge in [0.25, 0.3) is 5.91 Å². The van der Waals surface area contributed by atoms with Crippen LogP contribution >= 0.6 is 11.6 Å². The van der Waals surface area contributed by atoms with Gasteiger partial charge in [-0.2, -0.15) is 0 Å². The van der Waals surface area contributed by atoms with Crippen molar-refractivity contribution in [3.63, 3.8) is 0 Å².